The van der Waals surface area contributed by atoms with Crippen LogP contribution in [0.5, 0.6) is 0 Å². The summed E-state index contributed by atoms with van der Waals surface area (Å²) in [4.78, 5) is 41.8. The van der Waals surface area contributed by atoms with Gasteiger partial charge in [0.05, 0.1) is 11.0 Å². The van der Waals surface area contributed by atoms with Crippen molar-refractivity contribution in [2.45, 2.75) is 31.3 Å². The fraction of sp³-hybridized carbons (Fsp3) is 0.318. The number of nitro benzene ring substituents is 1. The fourth-order valence-electron chi connectivity index (χ4n) is 4.92. The minimum absolute atomic E-state index is 0.00860. The number of non-ortho nitro benzene ring substituents is 1. The average Bonchev–Trinajstić information content (AvgIpc) is 3.57. The molecular formula is C22H20N4O4S. The topological polar surface area (TPSA) is 95.8 Å². The van der Waals surface area contributed by atoms with E-state index in [0.717, 1.165) is 24.1 Å². The summed E-state index contributed by atoms with van der Waals surface area (Å²) in [6.07, 6.45) is 1.74. The summed E-state index contributed by atoms with van der Waals surface area (Å²) in [5.41, 5.74) is 0.621. The van der Waals surface area contributed by atoms with Gasteiger partial charge in [-0.2, -0.15) is 0 Å². The molecule has 31 heavy (non-hydrogen) atoms. The standard InChI is InChI=1S/C22H20N4O4S/c1-24-17-10-9-16(26(29)30)11-14(17)12-22(18(24)13-5-3-2-4-6-13)19(27)23-21(31)25(20(22)28)15-7-8-15/h2-6,9-11,15,18H,7-8,12H2,1H3,(H,23,27,31)/t18-,22+/m0/s1. The van der Waals surface area contributed by atoms with E-state index in [1.807, 2.05) is 42.3 Å². The van der Waals surface area contributed by atoms with Crippen molar-refractivity contribution in [3.8, 4) is 0 Å². The van der Waals surface area contributed by atoms with E-state index >= 15 is 0 Å². The van der Waals surface area contributed by atoms with Crippen LogP contribution < -0.4 is 10.2 Å². The van der Waals surface area contributed by atoms with E-state index < -0.39 is 22.3 Å². The van der Waals surface area contributed by atoms with Crippen molar-refractivity contribution in [1.82, 2.24) is 10.2 Å². The van der Waals surface area contributed by atoms with Crippen LogP contribution in [0.3, 0.4) is 0 Å². The van der Waals surface area contributed by atoms with Crippen LogP contribution in [0.2, 0.25) is 0 Å². The predicted molar refractivity (Wildman–Crippen MR) is 117 cm³/mol. The van der Waals surface area contributed by atoms with Crippen LogP contribution >= 0.6 is 12.2 Å². The molecule has 1 aliphatic carbocycles. The van der Waals surface area contributed by atoms with E-state index in [-0.39, 0.29) is 29.2 Å². The molecule has 0 bridgehead atoms. The number of rotatable bonds is 3. The van der Waals surface area contributed by atoms with Gasteiger partial charge in [0.2, 0.25) is 11.8 Å². The summed E-state index contributed by atoms with van der Waals surface area (Å²) in [7, 11) is 1.82. The zero-order chi connectivity index (χ0) is 21.9. The molecule has 1 saturated carbocycles. The lowest BCUT2D eigenvalue weighted by molar-refractivity contribution is -0.384. The number of amides is 2. The average molecular weight is 436 g/mol. The molecule has 1 spiro atoms. The Morgan fingerprint density at radius 3 is 2.52 bits per heavy atom. The van der Waals surface area contributed by atoms with Gasteiger partial charge in [-0.25, -0.2) is 0 Å². The van der Waals surface area contributed by atoms with Crippen molar-refractivity contribution >= 4 is 40.5 Å². The summed E-state index contributed by atoms with van der Waals surface area (Å²) in [5.74, 6) is -0.793. The van der Waals surface area contributed by atoms with Crippen molar-refractivity contribution < 1.29 is 14.5 Å². The first kappa shape index (κ1) is 19.6. The van der Waals surface area contributed by atoms with Gasteiger partial charge < -0.3 is 10.2 Å². The van der Waals surface area contributed by atoms with Crippen LogP contribution in [0.15, 0.2) is 48.5 Å². The first-order chi connectivity index (χ1) is 14.8. The number of hydrogen-bond donors (Lipinski definition) is 1. The summed E-state index contributed by atoms with van der Waals surface area (Å²) < 4.78 is 0. The molecule has 2 aromatic rings. The Balaban J connectivity index is 1.73. The van der Waals surface area contributed by atoms with E-state index in [0.29, 0.717) is 5.56 Å². The molecule has 0 unspecified atom stereocenters. The maximum absolute atomic E-state index is 14.0. The Bertz CT molecular complexity index is 1130. The minimum atomic E-state index is -1.48. The van der Waals surface area contributed by atoms with Crippen molar-refractivity contribution in [2.24, 2.45) is 5.41 Å². The smallest absolute Gasteiger partial charge is 0.269 e. The quantitative estimate of drug-likeness (QED) is 0.344. The van der Waals surface area contributed by atoms with Crippen molar-refractivity contribution in [3.05, 3.63) is 69.8 Å². The molecular weight excluding hydrogens is 416 g/mol. The minimum Gasteiger partial charge on any atom is -0.366 e. The normalized spacial score (nSPS) is 25.5. The highest BCUT2D eigenvalue weighted by molar-refractivity contribution is 7.80. The van der Waals surface area contributed by atoms with E-state index in [1.54, 1.807) is 11.0 Å². The number of carbonyl (C=O) groups is 2. The summed E-state index contributed by atoms with van der Waals surface area (Å²) in [5, 5.41) is 14.3. The second kappa shape index (κ2) is 6.84. The monoisotopic (exact) mass is 436 g/mol. The molecule has 0 radical (unpaired) electrons. The lowest BCUT2D eigenvalue weighted by Crippen LogP contribution is -2.69. The van der Waals surface area contributed by atoms with E-state index in [4.69, 9.17) is 12.2 Å². The third kappa shape index (κ3) is 2.83. The number of nitrogens with one attached hydrogen (secondary N) is 1. The fourth-order valence-corrected chi connectivity index (χ4v) is 5.24. The van der Waals surface area contributed by atoms with Gasteiger partial charge in [-0.3, -0.25) is 24.6 Å². The number of carbonyl (C=O) groups excluding carboxylic acids is 2. The molecule has 1 saturated heterocycles. The third-order valence-corrected chi connectivity index (χ3v) is 6.75. The summed E-state index contributed by atoms with van der Waals surface area (Å²) in [6, 6.07) is 13.4. The van der Waals surface area contributed by atoms with Gasteiger partial charge in [-0.05, 0) is 42.3 Å². The lowest BCUT2D eigenvalue weighted by Gasteiger charge is -2.51. The Kier molecular flexibility index (Phi) is 4.33. The molecule has 158 valence electrons. The second-order valence-corrected chi connectivity index (χ2v) is 8.69. The molecule has 1 N–H and O–H groups in total. The summed E-state index contributed by atoms with van der Waals surface area (Å²) >= 11 is 5.34. The molecule has 2 aromatic carbocycles. The van der Waals surface area contributed by atoms with Crippen molar-refractivity contribution in [2.75, 3.05) is 11.9 Å². The number of hydrogen-bond acceptors (Lipinski definition) is 6. The number of benzene rings is 2. The number of thiocarbonyl (C=S) groups is 1. The van der Waals surface area contributed by atoms with Crippen LogP contribution in [0, 0.1) is 15.5 Å². The van der Waals surface area contributed by atoms with Gasteiger partial charge in [0.1, 0.15) is 0 Å². The van der Waals surface area contributed by atoms with Gasteiger partial charge in [-0.1, -0.05) is 30.3 Å². The van der Waals surface area contributed by atoms with Crippen LogP contribution in [-0.2, 0) is 16.0 Å². The molecule has 5 rings (SSSR count). The van der Waals surface area contributed by atoms with Crippen molar-refractivity contribution in [3.63, 3.8) is 0 Å². The first-order valence-corrected chi connectivity index (χ1v) is 10.5. The molecule has 2 fully saturated rings. The zero-order valence-corrected chi connectivity index (χ0v) is 17.6. The van der Waals surface area contributed by atoms with E-state index in [1.165, 1.54) is 12.1 Å². The molecule has 2 atom stereocenters. The second-order valence-electron chi connectivity index (χ2n) is 8.31. The van der Waals surface area contributed by atoms with E-state index in [9.17, 15) is 19.7 Å². The van der Waals surface area contributed by atoms with E-state index in [2.05, 4.69) is 5.32 Å². The SMILES string of the molecule is CN1c2ccc([N+](=O)[O-])cc2C[C@]2(C(=O)NC(=S)N(C3CC3)C2=O)[C@@H]1c1ccccc1. The van der Waals surface area contributed by atoms with Crippen LogP contribution in [0.1, 0.15) is 30.0 Å². The predicted octanol–water partition coefficient (Wildman–Crippen LogP) is 2.72. The third-order valence-electron chi connectivity index (χ3n) is 6.45. The molecule has 8 nitrogen and oxygen atoms in total. The maximum Gasteiger partial charge on any atom is 0.269 e. The van der Waals surface area contributed by atoms with Gasteiger partial charge >= 0.3 is 0 Å². The Labute approximate surface area is 184 Å². The summed E-state index contributed by atoms with van der Waals surface area (Å²) in [6.45, 7) is 0. The van der Waals surface area contributed by atoms with Crippen LogP contribution in [-0.4, -0.2) is 39.8 Å². The largest absolute Gasteiger partial charge is 0.366 e. The highest BCUT2D eigenvalue weighted by atomic mass is 32.1. The first-order valence-electron chi connectivity index (χ1n) is 10.1. The number of anilines is 1. The Morgan fingerprint density at radius 2 is 1.87 bits per heavy atom. The van der Waals surface area contributed by atoms with Crippen LogP contribution in [0.4, 0.5) is 11.4 Å². The van der Waals surface area contributed by atoms with Crippen LogP contribution in [0.25, 0.3) is 0 Å². The number of nitrogens with zero attached hydrogens (tertiary/aromatic N) is 3. The van der Waals surface area contributed by atoms with Gasteiger partial charge in [-0.15, -0.1) is 0 Å². The molecule has 0 aromatic heterocycles. The highest BCUT2D eigenvalue weighted by Crippen LogP contribution is 2.52. The molecule has 3 aliphatic rings. The highest BCUT2D eigenvalue weighted by Gasteiger charge is 2.62. The van der Waals surface area contributed by atoms with Gasteiger partial charge in [0.25, 0.3) is 5.69 Å². The Morgan fingerprint density at radius 1 is 1.16 bits per heavy atom. The van der Waals surface area contributed by atoms with Gasteiger partial charge in [0.15, 0.2) is 10.5 Å². The number of fused-ring (bicyclic) bond motifs is 1. The Hall–Kier alpha value is -3.33. The lowest BCUT2D eigenvalue weighted by atomic mass is 9.66. The number of nitro groups is 1. The molecule has 2 heterocycles. The molecule has 2 amide bonds. The molecule has 9 heteroatoms. The van der Waals surface area contributed by atoms with Gasteiger partial charge in [0, 0.05) is 37.3 Å². The zero-order valence-electron chi connectivity index (χ0n) is 16.8. The maximum atomic E-state index is 14.0. The van der Waals surface area contributed by atoms with Crippen molar-refractivity contribution in [1.29, 1.82) is 0 Å². The molecule has 2 aliphatic heterocycles.